The van der Waals surface area contributed by atoms with Crippen LogP contribution in [0.25, 0.3) is 45.3 Å². The molecule has 1 aromatic heterocycles. The van der Waals surface area contributed by atoms with Crippen molar-refractivity contribution in [1.29, 1.82) is 5.26 Å². The molecule has 1 heterocycles. The van der Waals surface area contributed by atoms with E-state index < -0.39 is 0 Å². The summed E-state index contributed by atoms with van der Waals surface area (Å²) in [6.07, 6.45) is 0. The molecule has 5 rings (SSSR count). The van der Waals surface area contributed by atoms with Gasteiger partial charge in [-0.25, -0.2) is 19.3 Å². The van der Waals surface area contributed by atoms with E-state index in [4.69, 9.17) is 15.2 Å². The van der Waals surface area contributed by atoms with Gasteiger partial charge < -0.3 is 0 Å². The Hall–Kier alpha value is -4.69. The van der Waals surface area contributed by atoms with Gasteiger partial charge in [-0.15, -0.1) is 0 Å². The Morgan fingerprint density at radius 1 is 0.545 bits per heavy atom. The molecule has 4 aromatic carbocycles. The molecule has 5 aromatic rings. The Kier molecular flexibility index (Phi) is 5.40. The Labute approximate surface area is 190 Å². The molecule has 0 aliphatic carbocycles. The third-order valence-electron chi connectivity index (χ3n) is 5.25. The minimum atomic E-state index is -0.357. The van der Waals surface area contributed by atoms with E-state index in [1.807, 2.05) is 60.7 Å². The van der Waals surface area contributed by atoms with Crippen molar-refractivity contribution in [2.24, 2.45) is 0 Å². The van der Waals surface area contributed by atoms with Gasteiger partial charge in [0, 0.05) is 22.3 Å². The van der Waals surface area contributed by atoms with Gasteiger partial charge in [-0.3, -0.25) is 0 Å². The lowest BCUT2D eigenvalue weighted by Crippen LogP contribution is -2.00. The van der Waals surface area contributed by atoms with Gasteiger partial charge in [0.05, 0.1) is 11.6 Å². The number of rotatable bonds is 4. The van der Waals surface area contributed by atoms with Crippen LogP contribution in [0.5, 0.6) is 0 Å². The fraction of sp³-hybridized carbons (Fsp3) is 0. The van der Waals surface area contributed by atoms with Gasteiger partial charge in [0.15, 0.2) is 17.5 Å². The van der Waals surface area contributed by atoms with Gasteiger partial charge >= 0.3 is 0 Å². The van der Waals surface area contributed by atoms with E-state index in [-0.39, 0.29) is 5.82 Å². The maximum Gasteiger partial charge on any atom is 0.164 e. The normalized spacial score (nSPS) is 10.5. The summed E-state index contributed by atoms with van der Waals surface area (Å²) in [6.45, 7) is 0. The summed E-state index contributed by atoms with van der Waals surface area (Å²) in [6, 6.07) is 33.1. The molecule has 0 saturated carbocycles. The van der Waals surface area contributed by atoms with E-state index in [0.717, 1.165) is 11.1 Å². The predicted octanol–water partition coefficient (Wildman–Crippen LogP) is 6.55. The summed E-state index contributed by atoms with van der Waals surface area (Å²) in [5.41, 5.74) is 4.02. The molecule has 0 saturated heterocycles. The van der Waals surface area contributed by atoms with Gasteiger partial charge in [0.2, 0.25) is 0 Å². The highest BCUT2D eigenvalue weighted by molar-refractivity contribution is 5.73. The summed E-state index contributed by atoms with van der Waals surface area (Å²) in [7, 11) is 0. The first-order valence-corrected chi connectivity index (χ1v) is 10.4. The van der Waals surface area contributed by atoms with Crippen LogP contribution in [0, 0.1) is 17.1 Å². The summed E-state index contributed by atoms with van der Waals surface area (Å²) in [5, 5.41) is 9.04. The standard InChI is InChI=1S/C28H17FN4/c29-25-16-15-23(17-24(25)20-13-11-19(18-30)12-14-20)28-32-26(21-7-3-1-4-8-21)31-27(33-28)22-9-5-2-6-10-22/h1-17H. The molecule has 0 amide bonds. The van der Waals surface area contributed by atoms with Gasteiger partial charge in [0.25, 0.3) is 0 Å². The molecule has 0 fully saturated rings. The van der Waals surface area contributed by atoms with E-state index in [1.54, 1.807) is 36.4 Å². The van der Waals surface area contributed by atoms with Crippen LogP contribution in [-0.2, 0) is 0 Å². The summed E-state index contributed by atoms with van der Waals surface area (Å²) in [5.74, 6) is 1.19. The van der Waals surface area contributed by atoms with Crippen molar-refractivity contribution >= 4 is 0 Å². The van der Waals surface area contributed by atoms with Gasteiger partial charge in [0.1, 0.15) is 5.82 Å². The lowest BCUT2D eigenvalue weighted by molar-refractivity contribution is 0.631. The molecule has 156 valence electrons. The second kappa shape index (κ2) is 8.81. The van der Waals surface area contributed by atoms with Crippen LogP contribution in [0.2, 0.25) is 0 Å². The quantitative estimate of drug-likeness (QED) is 0.326. The summed E-state index contributed by atoms with van der Waals surface area (Å²) < 4.78 is 14.7. The summed E-state index contributed by atoms with van der Waals surface area (Å²) >= 11 is 0. The monoisotopic (exact) mass is 428 g/mol. The number of hydrogen-bond donors (Lipinski definition) is 0. The average molecular weight is 428 g/mol. The highest BCUT2D eigenvalue weighted by Crippen LogP contribution is 2.30. The zero-order valence-electron chi connectivity index (χ0n) is 17.5. The Bertz CT molecular complexity index is 1400. The molecule has 0 aliphatic rings. The molecule has 0 bridgehead atoms. The van der Waals surface area contributed by atoms with E-state index in [0.29, 0.717) is 39.7 Å². The molecular weight excluding hydrogens is 411 g/mol. The number of aromatic nitrogens is 3. The van der Waals surface area contributed by atoms with Gasteiger partial charge in [-0.05, 0) is 35.9 Å². The second-order valence-corrected chi connectivity index (χ2v) is 7.42. The molecule has 0 atom stereocenters. The van der Waals surface area contributed by atoms with Crippen LogP contribution in [0.4, 0.5) is 4.39 Å². The molecule has 33 heavy (non-hydrogen) atoms. The Morgan fingerprint density at radius 3 is 1.55 bits per heavy atom. The first-order valence-electron chi connectivity index (χ1n) is 10.4. The van der Waals surface area contributed by atoms with Crippen LogP contribution < -0.4 is 0 Å². The Morgan fingerprint density at radius 2 is 1.03 bits per heavy atom. The smallest absolute Gasteiger partial charge is 0.164 e. The molecular formula is C28H17FN4. The van der Waals surface area contributed by atoms with Gasteiger partial charge in [-0.2, -0.15) is 5.26 Å². The maximum atomic E-state index is 14.7. The number of halogens is 1. The number of nitriles is 1. The zero-order chi connectivity index (χ0) is 22.6. The number of nitrogens with zero attached hydrogens (tertiary/aromatic N) is 4. The Balaban J connectivity index is 1.66. The van der Waals surface area contributed by atoms with Crippen LogP contribution in [0.1, 0.15) is 5.56 Å². The first kappa shape index (κ1) is 20.2. The largest absolute Gasteiger partial charge is 0.208 e. The lowest BCUT2D eigenvalue weighted by atomic mass is 10.0. The van der Waals surface area contributed by atoms with Crippen molar-refractivity contribution in [3.05, 3.63) is 115 Å². The molecule has 5 heteroatoms. The van der Waals surface area contributed by atoms with Crippen LogP contribution >= 0.6 is 0 Å². The van der Waals surface area contributed by atoms with Crippen molar-refractivity contribution in [2.75, 3.05) is 0 Å². The van der Waals surface area contributed by atoms with Crippen molar-refractivity contribution in [2.45, 2.75) is 0 Å². The van der Waals surface area contributed by atoms with Crippen LogP contribution in [0.3, 0.4) is 0 Å². The first-order chi connectivity index (χ1) is 16.2. The lowest BCUT2D eigenvalue weighted by Gasteiger charge is -2.10. The number of hydrogen-bond acceptors (Lipinski definition) is 4. The van der Waals surface area contributed by atoms with E-state index in [9.17, 15) is 4.39 Å². The molecule has 0 aliphatic heterocycles. The van der Waals surface area contributed by atoms with Crippen molar-refractivity contribution < 1.29 is 4.39 Å². The van der Waals surface area contributed by atoms with E-state index in [1.165, 1.54) is 6.07 Å². The van der Waals surface area contributed by atoms with E-state index >= 15 is 0 Å². The minimum Gasteiger partial charge on any atom is -0.208 e. The molecule has 0 radical (unpaired) electrons. The minimum absolute atomic E-state index is 0.357. The predicted molar refractivity (Wildman–Crippen MR) is 126 cm³/mol. The third-order valence-corrected chi connectivity index (χ3v) is 5.25. The molecule has 0 unspecified atom stereocenters. The van der Waals surface area contributed by atoms with Gasteiger partial charge in [-0.1, -0.05) is 72.8 Å². The zero-order valence-corrected chi connectivity index (χ0v) is 17.5. The highest BCUT2D eigenvalue weighted by Gasteiger charge is 2.14. The SMILES string of the molecule is N#Cc1ccc(-c2cc(-c3nc(-c4ccccc4)nc(-c4ccccc4)n3)ccc2F)cc1. The average Bonchev–Trinajstić information content (AvgIpc) is 2.90. The fourth-order valence-corrected chi connectivity index (χ4v) is 3.55. The van der Waals surface area contributed by atoms with Crippen LogP contribution in [0.15, 0.2) is 103 Å². The topological polar surface area (TPSA) is 62.5 Å². The summed E-state index contributed by atoms with van der Waals surface area (Å²) in [4.78, 5) is 14.1. The van der Waals surface area contributed by atoms with Crippen molar-refractivity contribution in [3.8, 4) is 51.4 Å². The highest BCUT2D eigenvalue weighted by atomic mass is 19.1. The molecule has 0 N–H and O–H groups in total. The van der Waals surface area contributed by atoms with Crippen molar-refractivity contribution in [1.82, 2.24) is 15.0 Å². The third kappa shape index (κ3) is 4.23. The molecule has 4 nitrogen and oxygen atoms in total. The maximum absolute atomic E-state index is 14.7. The molecule has 0 spiro atoms. The number of benzene rings is 4. The second-order valence-electron chi connectivity index (χ2n) is 7.42. The fourth-order valence-electron chi connectivity index (χ4n) is 3.55. The van der Waals surface area contributed by atoms with Crippen LogP contribution in [-0.4, -0.2) is 15.0 Å². The van der Waals surface area contributed by atoms with Crippen molar-refractivity contribution in [3.63, 3.8) is 0 Å². The van der Waals surface area contributed by atoms with E-state index in [2.05, 4.69) is 11.1 Å².